The molecule has 1 atom stereocenters. The number of benzene rings is 1. The summed E-state index contributed by atoms with van der Waals surface area (Å²) in [6, 6.07) is 7.21. The number of likely N-dealkylation sites (tertiary alicyclic amines) is 1. The van der Waals surface area contributed by atoms with Gasteiger partial charge in [0, 0.05) is 19.0 Å². The average Bonchev–Trinajstić information content (AvgIpc) is 2.49. The van der Waals surface area contributed by atoms with Gasteiger partial charge in [-0.3, -0.25) is 0 Å². The maximum absolute atomic E-state index is 11.0. The molecule has 20 heavy (non-hydrogen) atoms. The van der Waals surface area contributed by atoms with Crippen LogP contribution in [0.5, 0.6) is 0 Å². The molecule has 1 heterocycles. The summed E-state index contributed by atoms with van der Waals surface area (Å²) in [5, 5.41) is 11.0. The first-order valence-electron chi connectivity index (χ1n) is 7.92. The molecular weight excluding hydrogens is 246 g/mol. The van der Waals surface area contributed by atoms with Gasteiger partial charge in [0.25, 0.3) is 0 Å². The molecule has 1 fully saturated rings. The minimum Gasteiger partial charge on any atom is -0.389 e. The fraction of sp³-hybridized carbons (Fsp3) is 0.667. The van der Waals surface area contributed by atoms with Crippen molar-refractivity contribution in [2.75, 3.05) is 13.1 Å². The van der Waals surface area contributed by atoms with Crippen LogP contribution in [0.4, 0.5) is 0 Å². The molecule has 1 aliphatic heterocycles. The van der Waals surface area contributed by atoms with Crippen LogP contribution in [0.15, 0.2) is 18.2 Å². The topological polar surface area (TPSA) is 23.5 Å². The Morgan fingerprint density at radius 1 is 1.10 bits per heavy atom. The van der Waals surface area contributed by atoms with Crippen LogP contribution in [0.2, 0.25) is 0 Å². The highest BCUT2D eigenvalue weighted by Gasteiger charge is 2.30. The fourth-order valence-corrected chi connectivity index (χ4v) is 3.44. The highest BCUT2D eigenvalue weighted by molar-refractivity contribution is 5.29. The summed E-state index contributed by atoms with van der Waals surface area (Å²) < 4.78 is 0. The van der Waals surface area contributed by atoms with E-state index in [1.165, 1.54) is 16.7 Å². The summed E-state index contributed by atoms with van der Waals surface area (Å²) >= 11 is 0. The van der Waals surface area contributed by atoms with Gasteiger partial charge in [-0.15, -0.1) is 0 Å². The van der Waals surface area contributed by atoms with Crippen LogP contribution >= 0.6 is 0 Å². The molecule has 1 aromatic rings. The Kier molecular flexibility index (Phi) is 4.87. The van der Waals surface area contributed by atoms with E-state index in [2.05, 4.69) is 50.8 Å². The molecule has 2 heteroatoms. The van der Waals surface area contributed by atoms with Crippen molar-refractivity contribution in [3.8, 4) is 0 Å². The molecule has 0 amide bonds. The number of hydrogen-bond donors (Lipinski definition) is 1. The van der Waals surface area contributed by atoms with Crippen molar-refractivity contribution in [3.05, 3.63) is 34.9 Å². The molecule has 0 spiro atoms. The third-order valence-corrected chi connectivity index (χ3v) is 4.50. The molecule has 1 unspecified atom stereocenters. The van der Waals surface area contributed by atoms with Gasteiger partial charge in [0.05, 0.1) is 5.60 Å². The molecular formula is C18H29NO. The van der Waals surface area contributed by atoms with Crippen molar-refractivity contribution in [2.24, 2.45) is 0 Å². The lowest BCUT2D eigenvalue weighted by Gasteiger charge is -2.28. The monoisotopic (exact) mass is 275 g/mol. The summed E-state index contributed by atoms with van der Waals surface area (Å²) in [7, 11) is 0. The normalized spacial score (nSPS) is 24.9. The van der Waals surface area contributed by atoms with E-state index in [9.17, 15) is 5.11 Å². The maximum Gasteiger partial charge on any atom is 0.0700 e. The Labute approximate surface area is 123 Å². The lowest BCUT2D eigenvalue weighted by molar-refractivity contribution is 0.0248. The van der Waals surface area contributed by atoms with Crippen molar-refractivity contribution in [2.45, 2.75) is 65.0 Å². The van der Waals surface area contributed by atoms with E-state index >= 15 is 0 Å². The number of rotatable bonds is 3. The van der Waals surface area contributed by atoms with Gasteiger partial charge in [-0.2, -0.15) is 0 Å². The number of hydrogen-bond acceptors (Lipinski definition) is 2. The minimum absolute atomic E-state index is 0.524. The Hall–Kier alpha value is -0.860. The second kappa shape index (κ2) is 6.28. The number of nitrogens with zero attached hydrogens (tertiary/aromatic N) is 1. The first-order chi connectivity index (χ1) is 9.38. The van der Waals surface area contributed by atoms with E-state index in [4.69, 9.17) is 0 Å². The molecule has 0 bridgehead atoms. The fourth-order valence-electron chi connectivity index (χ4n) is 3.44. The molecule has 2 rings (SSSR count). The molecule has 0 aromatic heterocycles. The van der Waals surface area contributed by atoms with Crippen molar-refractivity contribution < 1.29 is 5.11 Å². The van der Waals surface area contributed by atoms with Crippen molar-refractivity contribution in [1.29, 1.82) is 0 Å². The quantitative estimate of drug-likeness (QED) is 0.913. The van der Waals surface area contributed by atoms with E-state index < -0.39 is 5.60 Å². The first kappa shape index (κ1) is 15.5. The zero-order chi connectivity index (χ0) is 14.8. The Balaban J connectivity index is 2.07. The zero-order valence-electron chi connectivity index (χ0n) is 13.4. The smallest absolute Gasteiger partial charge is 0.0700 e. The van der Waals surface area contributed by atoms with Crippen molar-refractivity contribution in [3.63, 3.8) is 0 Å². The second-order valence-corrected chi connectivity index (χ2v) is 6.88. The van der Waals surface area contributed by atoms with Crippen LogP contribution in [-0.4, -0.2) is 34.7 Å². The number of aliphatic hydroxyl groups is 1. The molecule has 1 N–H and O–H groups in total. The van der Waals surface area contributed by atoms with Crippen molar-refractivity contribution in [1.82, 2.24) is 4.90 Å². The van der Waals surface area contributed by atoms with Gasteiger partial charge < -0.3 is 10.0 Å². The summed E-state index contributed by atoms with van der Waals surface area (Å²) in [5.41, 5.74) is 3.34. The molecule has 112 valence electrons. The van der Waals surface area contributed by atoms with Crippen LogP contribution in [0.25, 0.3) is 0 Å². The Morgan fingerprint density at radius 3 is 2.35 bits per heavy atom. The second-order valence-electron chi connectivity index (χ2n) is 6.88. The van der Waals surface area contributed by atoms with Crippen molar-refractivity contribution >= 4 is 0 Å². The lowest BCUT2D eigenvalue weighted by Crippen LogP contribution is -2.35. The lowest BCUT2D eigenvalue weighted by atomic mass is 9.87. The van der Waals surface area contributed by atoms with E-state index in [0.717, 1.165) is 38.8 Å². The highest BCUT2D eigenvalue weighted by atomic mass is 16.3. The average molecular weight is 275 g/mol. The first-order valence-corrected chi connectivity index (χ1v) is 7.92. The van der Waals surface area contributed by atoms with Crippen LogP contribution < -0.4 is 0 Å². The van der Waals surface area contributed by atoms with Gasteiger partial charge in [-0.05, 0) is 59.1 Å². The third kappa shape index (κ3) is 4.07. The van der Waals surface area contributed by atoms with E-state index in [1.54, 1.807) is 0 Å². The van der Waals surface area contributed by atoms with E-state index in [-0.39, 0.29) is 0 Å². The Morgan fingerprint density at radius 2 is 1.75 bits per heavy atom. The van der Waals surface area contributed by atoms with E-state index in [1.807, 2.05) is 0 Å². The largest absolute Gasteiger partial charge is 0.389 e. The molecule has 0 saturated carbocycles. The van der Waals surface area contributed by atoms with Gasteiger partial charge in [0.15, 0.2) is 0 Å². The predicted octanol–water partition coefficient (Wildman–Crippen LogP) is 3.47. The maximum atomic E-state index is 11.0. The Bertz CT molecular complexity index is 434. The van der Waals surface area contributed by atoms with Gasteiger partial charge in [-0.25, -0.2) is 0 Å². The van der Waals surface area contributed by atoms with Crippen LogP contribution in [0.3, 0.4) is 0 Å². The third-order valence-electron chi connectivity index (χ3n) is 4.50. The summed E-state index contributed by atoms with van der Waals surface area (Å²) in [5.74, 6) is 0. The molecule has 1 aromatic carbocycles. The van der Waals surface area contributed by atoms with Crippen LogP contribution in [0.1, 0.15) is 49.8 Å². The van der Waals surface area contributed by atoms with Gasteiger partial charge >= 0.3 is 0 Å². The van der Waals surface area contributed by atoms with Gasteiger partial charge in [-0.1, -0.05) is 29.3 Å². The van der Waals surface area contributed by atoms with Crippen LogP contribution in [0, 0.1) is 13.8 Å². The van der Waals surface area contributed by atoms with E-state index in [0.29, 0.717) is 6.04 Å². The van der Waals surface area contributed by atoms with Crippen LogP contribution in [-0.2, 0) is 6.42 Å². The molecule has 2 nitrogen and oxygen atoms in total. The summed E-state index contributed by atoms with van der Waals surface area (Å²) in [4.78, 5) is 2.49. The molecule has 0 radical (unpaired) electrons. The van der Waals surface area contributed by atoms with Gasteiger partial charge in [0.2, 0.25) is 0 Å². The SMILES string of the molecule is Cc1cc(C)cc(CC2(O)CCCN(C(C)C)CC2)c1. The highest BCUT2D eigenvalue weighted by Crippen LogP contribution is 2.28. The standard InChI is InChI=1S/C18H29NO/c1-14(2)19-8-5-6-18(20,7-9-19)13-17-11-15(3)10-16(4)12-17/h10-12,14,20H,5-9,13H2,1-4H3. The minimum atomic E-state index is -0.524. The number of aryl methyl sites for hydroxylation is 2. The molecule has 0 aliphatic carbocycles. The predicted molar refractivity (Wildman–Crippen MR) is 85.1 cm³/mol. The molecule has 1 saturated heterocycles. The van der Waals surface area contributed by atoms with Gasteiger partial charge in [0.1, 0.15) is 0 Å². The zero-order valence-corrected chi connectivity index (χ0v) is 13.4. The molecule has 1 aliphatic rings. The summed E-state index contributed by atoms with van der Waals surface area (Å²) in [6.07, 6.45) is 3.70. The summed E-state index contributed by atoms with van der Waals surface area (Å²) in [6.45, 7) is 10.9.